The van der Waals surface area contributed by atoms with Gasteiger partial charge in [0.05, 0.1) is 5.41 Å². The molecule has 2 heteroatoms. The van der Waals surface area contributed by atoms with E-state index in [4.69, 9.17) is 0 Å². The lowest BCUT2D eigenvalue weighted by molar-refractivity contribution is -0.135. The van der Waals surface area contributed by atoms with Crippen molar-refractivity contribution in [3.8, 4) is 0 Å². The average molecular weight is 215 g/mol. The summed E-state index contributed by atoms with van der Waals surface area (Å²) in [6.07, 6.45) is 4.09. The van der Waals surface area contributed by atoms with E-state index in [0.29, 0.717) is 5.91 Å². The second kappa shape index (κ2) is 3.34. The Kier molecular flexibility index (Phi) is 2.06. The number of benzene rings is 1. The van der Waals surface area contributed by atoms with Gasteiger partial charge >= 0.3 is 0 Å². The van der Waals surface area contributed by atoms with Gasteiger partial charge in [0.15, 0.2) is 0 Å². The number of carbonyl (C=O) groups excluding carboxylic acids is 1. The minimum atomic E-state index is -0.0664. The van der Waals surface area contributed by atoms with Crippen LogP contribution in [0.5, 0.6) is 0 Å². The van der Waals surface area contributed by atoms with E-state index in [2.05, 4.69) is 24.3 Å². The van der Waals surface area contributed by atoms with Crippen LogP contribution in [0.4, 0.5) is 0 Å². The smallest absolute Gasteiger partial charge is 0.228 e. The molecule has 16 heavy (non-hydrogen) atoms. The van der Waals surface area contributed by atoms with E-state index in [-0.39, 0.29) is 5.41 Å². The number of likely N-dealkylation sites (tertiary alicyclic amines) is 1. The van der Waals surface area contributed by atoms with Crippen LogP contribution in [0.1, 0.15) is 24.0 Å². The van der Waals surface area contributed by atoms with Crippen molar-refractivity contribution in [1.82, 2.24) is 4.90 Å². The fourth-order valence-electron chi connectivity index (χ4n) is 3.19. The number of hydrogen-bond donors (Lipinski definition) is 0. The predicted octanol–water partition coefficient (Wildman–Crippen LogP) is 2.02. The van der Waals surface area contributed by atoms with E-state index in [1.807, 2.05) is 11.9 Å². The van der Waals surface area contributed by atoms with Gasteiger partial charge in [0.25, 0.3) is 0 Å². The standard InChI is InChI=1S/C14H17NO/c1-15-9-8-14(13(15)16)7-6-11-4-2-3-5-12(11)10-14/h2-5H,6-10H2,1H3. The zero-order chi connectivity index (χ0) is 11.2. The van der Waals surface area contributed by atoms with Crippen LogP contribution in [-0.2, 0) is 17.6 Å². The summed E-state index contributed by atoms with van der Waals surface area (Å²) in [5.74, 6) is 0.363. The number of rotatable bonds is 0. The Bertz CT molecular complexity index is 440. The van der Waals surface area contributed by atoms with Crippen molar-refractivity contribution in [2.75, 3.05) is 13.6 Å². The first kappa shape index (κ1) is 9.88. The van der Waals surface area contributed by atoms with Gasteiger partial charge in [-0.3, -0.25) is 4.79 Å². The highest BCUT2D eigenvalue weighted by Crippen LogP contribution is 2.43. The zero-order valence-corrected chi connectivity index (χ0v) is 9.70. The SMILES string of the molecule is CN1CCC2(CCc3ccccc3C2)C1=O. The zero-order valence-electron chi connectivity index (χ0n) is 9.70. The number of hydrogen-bond acceptors (Lipinski definition) is 1. The van der Waals surface area contributed by atoms with Gasteiger partial charge in [-0.15, -0.1) is 0 Å². The second-order valence-electron chi connectivity index (χ2n) is 5.20. The topological polar surface area (TPSA) is 20.3 Å². The van der Waals surface area contributed by atoms with Gasteiger partial charge in [-0.05, 0) is 36.8 Å². The molecule has 1 unspecified atom stereocenters. The van der Waals surface area contributed by atoms with Crippen molar-refractivity contribution in [2.24, 2.45) is 5.41 Å². The maximum atomic E-state index is 12.2. The lowest BCUT2D eigenvalue weighted by atomic mass is 9.70. The third-order valence-corrected chi connectivity index (χ3v) is 4.25. The number of carbonyl (C=O) groups is 1. The Morgan fingerprint density at radius 1 is 1.19 bits per heavy atom. The molecule has 0 aromatic heterocycles. The van der Waals surface area contributed by atoms with Crippen molar-refractivity contribution in [3.05, 3.63) is 35.4 Å². The fourth-order valence-corrected chi connectivity index (χ4v) is 3.19. The molecule has 0 radical (unpaired) electrons. The summed E-state index contributed by atoms with van der Waals surface area (Å²) < 4.78 is 0. The quantitative estimate of drug-likeness (QED) is 0.648. The van der Waals surface area contributed by atoms with Crippen molar-refractivity contribution in [2.45, 2.75) is 25.7 Å². The van der Waals surface area contributed by atoms with E-state index in [0.717, 1.165) is 32.2 Å². The van der Waals surface area contributed by atoms with Crippen LogP contribution < -0.4 is 0 Å². The Balaban J connectivity index is 1.96. The van der Waals surface area contributed by atoms with Gasteiger partial charge in [0.1, 0.15) is 0 Å². The number of amides is 1. The molecule has 1 amide bonds. The average Bonchev–Trinajstić information content (AvgIpc) is 2.58. The molecular weight excluding hydrogens is 198 g/mol. The predicted molar refractivity (Wildman–Crippen MR) is 63.2 cm³/mol. The normalized spacial score (nSPS) is 28.6. The van der Waals surface area contributed by atoms with Crippen LogP contribution in [0.3, 0.4) is 0 Å². The summed E-state index contributed by atoms with van der Waals surface area (Å²) in [4.78, 5) is 14.1. The Morgan fingerprint density at radius 3 is 2.62 bits per heavy atom. The van der Waals surface area contributed by atoms with Gasteiger partial charge in [0.2, 0.25) is 5.91 Å². The molecule has 1 atom stereocenters. The van der Waals surface area contributed by atoms with Crippen molar-refractivity contribution >= 4 is 5.91 Å². The highest BCUT2D eigenvalue weighted by atomic mass is 16.2. The second-order valence-corrected chi connectivity index (χ2v) is 5.20. The van der Waals surface area contributed by atoms with Crippen molar-refractivity contribution in [3.63, 3.8) is 0 Å². The van der Waals surface area contributed by atoms with Gasteiger partial charge in [-0.25, -0.2) is 0 Å². The lowest BCUT2D eigenvalue weighted by Crippen LogP contribution is -2.37. The van der Waals surface area contributed by atoms with Crippen LogP contribution in [0, 0.1) is 5.41 Å². The first-order valence-corrected chi connectivity index (χ1v) is 6.04. The molecule has 84 valence electrons. The van der Waals surface area contributed by atoms with Crippen LogP contribution in [-0.4, -0.2) is 24.4 Å². The van der Waals surface area contributed by atoms with E-state index in [1.54, 1.807) is 0 Å². The maximum absolute atomic E-state index is 12.2. The first-order valence-electron chi connectivity index (χ1n) is 6.04. The van der Waals surface area contributed by atoms with Crippen LogP contribution in [0.2, 0.25) is 0 Å². The molecule has 1 aromatic carbocycles. The van der Waals surface area contributed by atoms with Crippen molar-refractivity contribution in [1.29, 1.82) is 0 Å². The van der Waals surface area contributed by atoms with Crippen LogP contribution >= 0.6 is 0 Å². The fraction of sp³-hybridized carbons (Fsp3) is 0.500. The summed E-state index contributed by atoms with van der Waals surface area (Å²) >= 11 is 0. The summed E-state index contributed by atoms with van der Waals surface area (Å²) in [5.41, 5.74) is 2.76. The highest BCUT2D eigenvalue weighted by Gasteiger charge is 2.46. The Labute approximate surface area is 96.3 Å². The van der Waals surface area contributed by atoms with Gasteiger partial charge in [-0.2, -0.15) is 0 Å². The molecule has 0 N–H and O–H groups in total. The molecule has 0 bridgehead atoms. The molecule has 1 spiro atoms. The molecule has 1 heterocycles. The molecule has 1 fully saturated rings. The molecule has 2 aliphatic rings. The number of aryl methyl sites for hydroxylation is 1. The minimum absolute atomic E-state index is 0.0664. The van der Waals surface area contributed by atoms with Gasteiger partial charge < -0.3 is 4.90 Å². The Hall–Kier alpha value is -1.31. The molecule has 1 saturated heterocycles. The molecule has 1 aromatic rings. The lowest BCUT2D eigenvalue weighted by Gasteiger charge is -2.32. The Morgan fingerprint density at radius 2 is 1.94 bits per heavy atom. The summed E-state index contributed by atoms with van der Waals surface area (Å²) in [6, 6.07) is 8.56. The largest absolute Gasteiger partial charge is 0.345 e. The van der Waals surface area contributed by atoms with E-state index < -0.39 is 0 Å². The number of nitrogens with zero attached hydrogens (tertiary/aromatic N) is 1. The summed E-state index contributed by atoms with van der Waals surface area (Å²) in [6.45, 7) is 0.932. The van der Waals surface area contributed by atoms with E-state index in [9.17, 15) is 4.79 Å². The maximum Gasteiger partial charge on any atom is 0.228 e. The minimum Gasteiger partial charge on any atom is -0.345 e. The summed E-state index contributed by atoms with van der Waals surface area (Å²) in [7, 11) is 1.93. The van der Waals surface area contributed by atoms with Gasteiger partial charge in [0, 0.05) is 13.6 Å². The van der Waals surface area contributed by atoms with E-state index >= 15 is 0 Å². The summed E-state index contributed by atoms with van der Waals surface area (Å²) in [5, 5.41) is 0. The van der Waals surface area contributed by atoms with Crippen LogP contribution in [0.15, 0.2) is 24.3 Å². The van der Waals surface area contributed by atoms with Gasteiger partial charge in [-0.1, -0.05) is 24.3 Å². The van der Waals surface area contributed by atoms with Crippen molar-refractivity contribution < 1.29 is 4.79 Å². The molecule has 2 nitrogen and oxygen atoms in total. The number of fused-ring (bicyclic) bond motifs is 1. The van der Waals surface area contributed by atoms with Crippen LogP contribution in [0.25, 0.3) is 0 Å². The van der Waals surface area contributed by atoms with E-state index in [1.165, 1.54) is 11.1 Å². The first-order chi connectivity index (χ1) is 7.71. The monoisotopic (exact) mass is 215 g/mol. The molecule has 1 aliphatic heterocycles. The molecule has 3 rings (SSSR count). The molecule has 1 aliphatic carbocycles. The third-order valence-electron chi connectivity index (χ3n) is 4.25. The third kappa shape index (κ3) is 1.29. The molecular formula is C14H17NO. The highest BCUT2D eigenvalue weighted by molar-refractivity contribution is 5.85. The molecule has 0 saturated carbocycles.